The summed E-state index contributed by atoms with van der Waals surface area (Å²) in [5.41, 5.74) is 7.83. The molecule has 1 aliphatic carbocycles. The van der Waals surface area contributed by atoms with Crippen LogP contribution >= 0.6 is 0 Å². The third-order valence-corrected chi connectivity index (χ3v) is 6.62. The Morgan fingerprint density at radius 2 is 1.94 bits per heavy atom. The Labute approximate surface area is 189 Å². The van der Waals surface area contributed by atoms with Crippen LogP contribution in [0.4, 0.5) is 10.2 Å². The minimum atomic E-state index is -0.327. The average Bonchev–Trinajstić information content (AvgIpc) is 3.37. The zero-order valence-electron chi connectivity index (χ0n) is 18.7. The van der Waals surface area contributed by atoms with E-state index in [0.717, 1.165) is 43.9 Å². The van der Waals surface area contributed by atoms with Gasteiger partial charge in [0, 0.05) is 26.2 Å². The van der Waals surface area contributed by atoms with Crippen LogP contribution in [0.3, 0.4) is 0 Å². The van der Waals surface area contributed by atoms with Crippen molar-refractivity contribution < 1.29 is 4.39 Å². The summed E-state index contributed by atoms with van der Waals surface area (Å²) < 4.78 is 14.7. The van der Waals surface area contributed by atoms with Crippen molar-refractivity contribution in [1.29, 1.82) is 5.26 Å². The van der Waals surface area contributed by atoms with Crippen LogP contribution in [0.15, 0.2) is 29.3 Å². The first-order valence-electron chi connectivity index (χ1n) is 11.7. The SMILES string of the molecule is CCNC(=NCCCc1nn(-c2ccc(F)cc2)c(N)c1C#N)N1CC2CCCCC2C1. The molecule has 1 saturated carbocycles. The van der Waals surface area contributed by atoms with Crippen LogP contribution in [0.25, 0.3) is 5.69 Å². The van der Waals surface area contributed by atoms with Gasteiger partial charge in [-0.25, -0.2) is 9.07 Å². The van der Waals surface area contributed by atoms with E-state index < -0.39 is 0 Å². The normalized spacial score (nSPS) is 20.8. The molecule has 1 aliphatic heterocycles. The summed E-state index contributed by atoms with van der Waals surface area (Å²) in [7, 11) is 0. The summed E-state index contributed by atoms with van der Waals surface area (Å²) >= 11 is 0. The molecular formula is C24H32FN7. The Kier molecular flexibility index (Phi) is 6.93. The van der Waals surface area contributed by atoms with Gasteiger partial charge in [-0.05, 0) is 68.7 Å². The van der Waals surface area contributed by atoms with Crippen molar-refractivity contribution in [3.63, 3.8) is 0 Å². The van der Waals surface area contributed by atoms with Gasteiger partial charge in [-0.15, -0.1) is 0 Å². The molecule has 0 radical (unpaired) electrons. The highest BCUT2D eigenvalue weighted by atomic mass is 19.1. The number of fused-ring (bicyclic) bond motifs is 1. The highest BCUT2D eigenvalue weighted by Crippen LogP contribution is 2.36. The average molecular weight is 438 g/mol. The number of aliphatic imine (C=N–C) groups is 1. The van der Waals surface area contributed by atoms with E-state index in [4.69, 9.17) is 10.7 Å². The maximum absolute atomic E-state index is 13.2. The predicted molar refractivity (Wildman–Crippen MR) is 124 cm³/mol. The second-order valence-corrected chi connectivity index (χ2v) is 8.76. The fourth-order valence-electron chi connectivity index (χ4n) is 4.99. The minimum Gasteiger partial charge on any atom is -0.382 e. The van der Waals surface area contributed by atoms with Crippen molar-refractivity contribution in [3.05, 3.63) is 41.3 Å². The lowest BCUT2D eigenvalue weighted by Crippen LogP contribution is -2.40. The van der Waals surface area contributed by atoms with Gasteiger partial charge in [0.05, 0.1) is 11.4 Å². The molecule has 2 fully saturated rings. The summed E-state index contributed by atoms with van der Waals surface area (Å²) in [5, 5.41) is 17.6. The number of aromatic nitrogens is 2. The molecule has 7 nitrogen and oxygen atoms in total. The number of halogens is 1. The van der Waals surface area contributed by atoms with Gasteiger partial charge in [0.1, 0.15) is 23.3 Å². The number of nitrogens with two attached hydrogens (primary N) is 1. The Hall–Kier alpha value is -3.08. The molecule has 3 N–H and O–H groups in total. The first-order valence-corrected chi connectivity index (χ1v) is 11.7. The number of nitrogens with zero attached hydrogens (tertiary/aromatic N) is 5. The van der Waals surface area contributed by atoms with Gasteiger partial charge < -0.3 is 16.0 Å². The monoisotopic (exact) mass is 437 g/mol. The molecule has 0 spiro atoms. The van der Waals surface area contributed by atoms with Crippen LogP contribution in [0, 0.1) is 29.0 Å². The summed E-state index contributed by atoms with van der Waals surface area (Å²) in [6.45, 7) is 5.81. The highest BCUT2D eigenvalue weighted by Gasteiger charge is 2.35. The number of nitriles is 1. The predicted octanol–water partition coefficient (Wildman–Crippen LogP) is 3.49. The van der Waals surface area contributed by atoms with E-state index in [-0.39, 0.29) is 11.6 Å². The molecule has 0 bridgehead atoms. The molecule has 0 amide bonds. The van der Waals surface area contributed by atoms with Gasteiger partial charge in [0.15, 0.2) is 5.96 Å². The maximum Gasteiger partial charge on any atom is 0.193 e. The molecule has 32 heavy (non-hydrogen) atoms. The number of anilines is 1. The van der Waals surface area contributed by atoms with Crippen LogP contribution in [0.2, 0.25) is 0 Å². The van der Waals surface area contributed by atoms with Crippen LogP contribution in [0.1, 0.15) is 50.3 Å². The van der Waals surface area contributed by atoms with Gasteiger partial charge in [-0.3, -0.25) is 4.99 Å². The highest BCUT2D eigenvalue weighted by molar-refractivity contribution is 5.80. The van der Waals surface area contributed by atoms with Crippen molar-refractivity contribution in [2.75, 3.05) is 31.9 Å². The zero-order valence-corrected chi connectivity index (χ0v) is 18.7. The number of benzene rings is 1. The van der Waals surface area contributed by atoms with Gasteiger partial charge >= 0.3 is 0 Å². The molecule has 4 rings (SSSR count). The fourth-order valence-corrected chi connectivity index (χ4v) is 4.99. The lowest BCUT2D eigenvalue weighted by molar-refractivity contribution is 0.299. The van der Waals surface area contributed by atoms with E-state index in [2.05, 4.69) is 28.3 Å². The summed E-state index contributed by atoms with van der Waals surface area (Å²) in [5.74, 6) is 2.57. The Bertz CT molecular complexity index is 975. The zero-order chi connectivity index (χ0) is 22.5. The maximum atomic E-state index is 13.2. The number of nitrogen functional groups attached to an aromatic ring is 1. The van der Waals surface area contributed by atoms with Gasteiger partial charge in [-0.1, -0.05) is 12.8 Å². The fraction of sp³-hybridized carbons (Fsp3) is 0.542. The molecule has 1 saturated heterocycles. The van der Waals surface area contributed by atoms with Gasteiger partial charge in [0.2, 0.25) is 0 Å². The summed E-state index contributed by atoms with van der Waals surface area (Å²) in [4.78, 5) is 7.28. The Morgan fingerprint density at radius 3 is 2.56 bits per heavy atom. The van der Waals surface area contributed by atoms with Crippen molar-refractivity contribution in [2.45, 2.75) is 45.4 Å². The molecule has 2 heterocycles. The second kappa shape index (κ2) is 10.0. The van der Waals surface area contributed by atoms with E-state index in [1.54, 1.807) is 12.1 Å². The molecule has 1 aromatic carbocycles. The molecule has 2 aliphatic rings. The first kappa shape index (κ1) is 22.1. The van der Waals surface area contributed by atoms with Crippen LogP contribution in [-0.2, 0) is 6.42 Å². The third kappa shape index (κ3) is 4.72. The van der Waals surface area contributed by atoms with Crippen LogP contribution < -0.4 is 11.1 Å². The van der Waals surface area contributed by atoms with Crippen LogP contribution in [-0.4, -0.2) is 46.8 Å². The molecule has 2 unspecified atom stereocenters. The molecular weight excluding hydrogens is 405 g/mol. The topological polar surface area (TPSA) is 95.3 Å². The van der Waals surface area contributed by atoms with Crippen molar-refractivity contribution in [3.8, 4) is 11.8 Å². The quantitative estimate of drug-likeness (QED) is 0.410. The lowest BCUT2D eigenvalue weighted by Gasteiger charge is -2.22. The van der Waals surface area contributed by atoms with E-state index in [0.29, 0.717) is 29.9 Å². The van der Waals surface area contributed by atoms with Crippen molar-refractivity contribution in [1.82, 2.24) is 20.0 Å². The van der Waals surface area contributed by atoms with E-state index in [9.17, 15) is 9.65 Å². The number of hydrogen-bond donors (Lipinski definition) is 2. The summed E-state index contributed by atoms with van der Waals surface area (Å²) in [6, 6.07) is 8.08. The lowest BCUT2D eigenvalue weighted by atomic mass is 9.82. The number of rotatable bonds is 6. The molecule has 1 aromatic heterocycles. The largest absolute Gasteiger partial charge is 0.382 e. The number of nitrogens with one attached hydrogen (secondary N) is 1. The number of hydrogen-bond acceptors (Lipinski definition) is 4. The first-order chi connectivity index (χ1) is 15.6. The number of guanidine groups is 1. The van der Waals surface area contributed by atoms with Crippen molar-refractivity contribution >= 4 is 11.8 Å². The standard InChI is InChI=1S/C24H32FN7/c1-2-28-24(31-15-17-6-3-4-7-18(17)16-31)29-13-5-8-22-21(14-26)23(27)32(30-22)20-11-9-19(25)10-12-20/h9-12,17-18H,2-8,13,15-16,27H2,1H3,(H,28,29). The van der Waals surface area contributed by atoms with E-state index in [1.165, 1.54) is 42.5 Å². The Balaban J connectivity index is 1.40. The minimum absolute atomic E-state index is 0.283. The second-order valence-electron chi connectivity index (χ2n) is 8.76. The molecule has 8 heteroatoms. The molecule has 2 aromatic rings. The van der Waals surface area contributed by atoms with Crippen LogP contribution in [0.5, 0.6) is 0 Å². The molecule has 170 valence electrons. The van der Waals surface area contributed by atoms with Gasteiger partial charge in [-0.2, -0.15) is 10.4 Å². The smallest absolute Gasteiger partial charge is 0.193 e. The van der Waals surface area contributed by atoms with E-state index >= 15 is 0 Å². The number of likely N-dealkylation sites (tertiary alicyclic amines) is 1. The van der Waals surface area contributed by atoms with Gasteiger partial charge in [0.25, 0.3) is 0 Å². The van der Waals surface area contributed by atoms with Crippen molar-refractivity contribution in [2.24, 2.45) is 16.8 Å². The van der Waals surface area contributed by atoms with E-state index in [1.807, 2.05) is 0 Å². The summed E-state index contributed by atoms with van der Waals surface area (Å²) in [6.07, 6.45) is 6.78. The Morgan fingerprint density at radius 1 is 1.25 bits per heavy atom. The third-order valence-electron chi connectivity index (χ3n) is 6.62. The molecule has 2 atom stereocenters. The number of aryl methyl sites for hydroxylation is 1.